The van der Waals surface area contributed by atoms with Crippen LogP contribution in [0, 0.1) is 0 Å². The molecule has 1 aromatic rings. The van der Waals surface area contributed by atoms with Crippen molar-refractivity contribution in [2.24, 2.45) is 0 Å². The van der Waals surface area contributed by atoms with Gasteiger partial charge < -0.3 is 20.1 Å². The van der Waals surface area contributed by atoms with Gasteiger partial charge >= 0.3 is 5.97 Å². The van der Waals surface area contributed by atoms with E-state index in [9.17, 15) is 4.79 Å². The monoisotopic (exact) mass is 280 g/mol. The maximum absolute atomic E-state index is 10.6. The highest BCUT2D eigenvalue weighted by molar-refractivity contribution is 5.68. The van der Waals surface area contributed by atoms with Crippen LogP contribution >= 0.6 is 0 Å². The van der Waals surface area contributed by atoms with Crippen molar-refractivity contribution in [3.05, 3.63) is 23.8 Å². The van der Waals surface area contributed by atoms with E-state index in [1.165, 1.54) is 0 Å². The van der Waals surface area contributed by atoms with Crippen LogP contribution in [0.25, 0.3) is 0 Å². The fourth-order valence-electron chi connectivity index (χ4n) is 1.85. The van der Waals surface area contributed by atoms with Crippen molar-refractivity contribution in [3.63, 3.8) is 0 Å². The Labute approximate surface area is 120 Å². The lowest BCUT2D eigenvalue weighted by molar-refractivity contribution is -0.136. The van der Waals surface area contributed by atoms with Gasteiger partial charge in [0.15, 0.2) is 0 Å². The Morgan fingerprint density at radius 3 is 2.70 bits per heavy atom. The largest absolute Gasteiger partial charge is 0.495 e. The molecule has 0 amide bonds. The van der Waals surface area contributed by atoms with E-state index in [0.717, 1.165) is 23.5 Å². The first-order valence-corrected chi connectivity index (χ1v) is 6.77. The highest BCUT2D eigenvalue weighted by Crippen LogP contribution is 2.28. The lowest BCUT2D eigenvalue weighted by Gasteiger charge is -2.21. The van der Waals surface area contributed by atoms with Crippen molar-refractivity contribution >= 4 is 11.7 Å². The second kappa shape index (κ2) is 7.75. The molecule has 0 unspecified atom stereocenters. The zero-order valence-electron chi connectivity index (χ0n) is 12.6. The van der Waals surface area contributed by atoms with Gasteiger partial charge in [0.25, 0.3) is 0 Å². The van der Waals surface area contributed by atoms with Gasteiger partial charge in [0.05, 0.1) is 19.2 Å². The number of hydrogen-bond donors (Lipinski definition) is 2. The molecule has 0 heterocycles. The number of ether oxygens (including phenoxy) is 1. The summed E-state index contributed by atoms with van der Waals surface area (Å²) in [4.78, 5) is 12.5. The lowest BCUT2D eigenvalue weighted by atomic mass is 10.1. The Morgan fingerprint density at radius 1 is 1.45 bits per heavy atom. The van der Waals surface area contributed by atoms with Crippen molar-refractivity contribution in [2.75, 3.05) is 25.6 Å². The van der Waals surface area contributed by atoms with E-state index in [4.69, 9.17) is 9.84 Å². The standard InChI is InChI=1S/C15H24N2O3/c1-11(2)16-10-12-5-6-13(14(9-12)20-4)17(3)8-7-15(18)19/h5-6,9,11,16H,7-8,10H2,1-4H3,(H,18,19). The summed E-state index contributed by atoms with van der Waals surface area (Å²) in [6.07, 6.45) is 0.107. The molecule has 0 saturated heterocycles. The molecule has 1 rings (SSSR count). The number of aliphatic carboxylic acids is 1. The van der Waals surface area contributed by atoms with Crippen LogP contribution in [-0.2, 0) is 11.3 Å². The minimum atomic E-state index is -0.798. The first kappa shape index (κ1) is 16.3. The number of benzene rings is 1. The van der Waals surface area contributed by atoms with E-state index in [-0.39, 0.29) is 6.42 Å². The molecule has 0 fully saturated rings. The first-order chi connectivity index (χ1) is 9.43. The fourth-order valence-corrected chi connectivity index (χ4v) is 1.85. The molecule has 112 valence electrons. The van der Waals surface area contributed by atoms with E-state index in [0.29, 0.717) is 12.6 Å². The third-order valence-electron chi connectivity index (χ3n) is 3.03. The molecule has 2 N–H and O–H groups in total. The average Bonchev–Trinajstić information content (AvgIpc) is 2.42. The van der Waals surface area contributed by atoms with Gasteiger partial charge in [0.1, 0.15) is 5.75 Å². The zero-order chi connectivity index (χ0) is 15.1. The highest BCUT2D eigenvalue weighted by atomic mass is 16.5. The number of hydrogen-bond acceptors (Lipinski definition) is 4. The molecule has 20 heavy (non-hydrogen) atoms. The lowest BCUT2D eigenvalue weighted by Crippen LogP contribution is -2.23. The van der Waals surface area contributed by atoms with Crippen LogP contribution in [0.5, 0.6) is 5.75 Å². The highest BCUT2D eigenvalue weighted by Gasteiger charge is 2.10. The van der Waals surface area contributed by atoms with Crippen molar-refractivity contribution < 1.29 is 14.6 Å². The molecular weight excluding hydrogens is 256 g/mol. The fraction of sp³-hybridized carbons (Fsp3) is 0.533. The smallest absolute Gasteiger partial charge is 0.305 e. The average molecular weight is 280 g/mol. The molecule has 0 spiro atoms. The molecule has 0 aliphatic heterocycles. The van der Waals surface area contributed by atoms with E-state index in [2.05, 4.69) is 19.2 Å². The van der Waals surface area contributed by atoms with Crippen LogP contribution in [0.4, 0.5) is 5.69 Å². The molecule has 1 aromatic carbocycles. The van der Waals surface area contributed by atoms with Gasteiger partial charge in [-0.1, -0.05) is 19.9 Å². The molecule has 0 atom stereocenters. The summed E-state index contributed by atoms with van der Waals surface area (Å²) in [7, 11) is 3.50. The summed E-state index contributed by atoms with van der Waals surface area (Å²) in [6.45, 7) is 5.44. The summed E-state index contributed by atoms with van der Waals surface area (Å²) in [5, 5.41) is 12.1. The SMILES string of the molecule is COc1cc(CNC(C)C)ccc1N(C)CCC(=O)O. The second-order valence-electron chi connectivity index (χ2n) is 5.11. The Kier molecular flexibility index (Phi) is 6.31. The number of methoxy groups -OCH3 is 1. The number of carboxylic acids is 1. The summed E-state index contributed by atoms with van der Waals surface area (Å²) in [5.41, 5.74) is 2.05. The topological polar surface area (TPSA) is 61.8 Å². The van der Waals surface area contributed by atoms with Gasteiger partial charge in [0.2, 0.25) is 0 Å². The van der Waals surface area contributed by atoms with Gasteiger partial charge in [-0.15, -0.1) is 0 Å². The van der Waals surface area contributed by atoms with Crippen molar-refractivity contribution in [3.8, 4) is 5.75 Å². The van der Waals surface area contributed by atoms with Gasteiger partial charge in [-0.05, 0) is 17.7 Å². The van der Waals surface area contributed by atoms with E-state index in [1.807, 2.05) is 30.1 Å². The minimum absolute atomic E-state index is 0.107. The van der Waals surface area contributed by atoms with Crippen LogP contribution in [0.3, 0.4) is 0 Å². The molecule has 0 aromatic heterocycles. The van der Waals surface area contributed by atoms with Gasteiger partial charge in [-0.3, -0.25) is 4.79 Å². The van der Waals surface area contributed by atoms with Crippen molar-refractivity contribution in [1.29, 1.82) is 0 Å². The number of nitrogens with zero attached hydrogens (tertiary/aromatic N) is 1. The molecule has 5 heteroatoms. The maximum atomic E-state index is 10.6. The van der Waals surface area contributed by atoms with Gasteiger partial charge in [-0.25, -0.2) is 0 Å². The number of carbonyl (C=O) groups is 1. The molecular formula is C15H24N2O3. The first-order valence-electron chi connectivity index (χ1n) is 6.77. The van der Waals surface area contributed by atoms with Crippen molar-refractivity contribution in [2.45, 2.75) is 32.9 Å². The third kappa shape index (κ3) is 5.09. The quantitative estimate of drug-likeness (QED) is 0.763. The molecule has 5 nitrogen and oxygen atoms in total. The Morgan fingerprint density at radius 2 is 2.15 bits per heavy atom. The van der Waals surface area contributed by atoms with E-state index < -0.39 is 5.97 Å². The summed E-state index contributed by atoms with van der Waals surface area (Å²) >= 11 is 0. The third-order valence-corrected chi connectivity index (χ3v) is 3.03. The molecule has 0 aliphatic rings. The van der Waals surface area contributed by atoms with Crippen LogP contribution < -0.4 is 15.0 Å². The molecule has 0 bridgehead atoms. The van der Waals surface area contributed by atoms with Crippen LogP contribution in [0.2, 0.25) is 0 Å². The number of rotatable bonds is 8. The van der Waals surface area contributed by atoms with Crippen molar-refractivity contribution in [1.82, 2.24) is 5.32 Å². The van der Waals surface area contributed by atoms with Crippen LogP contribution in [0.1, 0.15) is 25.8 Å². The summed E-state index contributed by atoms with van der Waals surface area (Å²) in [6, 6.07) is 6.42. The molecule has 0 radical (unpaired) electrons. The summed E-state index contributed by atoms with van der Waals surface area (Å²) < 4.78 is 5.40. The van der Waals surface area contributed by atoms with Gasteiger partial charge in [-0.2, -0.15) is 0 Å². The van der Waals surface area contributed by atoms with Gasteiger partial charge in [0, 0.05) is 26.2 Å². The predicted octanol–water partition coefficient (Wildman–Crippen LogP) is 2.10. The van der Waals surface area contributed by atoms with E-state index in [1.54, 1.807) is 7.11 Å². The number of carboxylic acid groups (broad SMARTS) is 1. The normalized spacial score (nSPS) is 10.7. The number of anilines is 1. The molecule has 0 saturated carbocycles. The minimum Gasteiger partial charge on any atom is -0.495 e. The summed E-state index contributed by atoms with van der Waals surface area (Å²) in [5.74, 6) is -0.0329. The maximum Gasteiger partial charge on any atom is 0.305 e. The Bertz CT molecular complexity index is 447. The Hall–Kier alpha value is -1.75. The van der Waals surface area contributed by atoms with Crippen LogP contribution in [0.15, 0.2) is 18.2 Å². The second-order valence-corrected chi connectivity index (χ2v) is 5.11. The molecule has 0 aliphatic carbocycles. The van der Waals surface area contributed by atoms with E-state index >= 15 is 0 Å². The van der Waals surface area contributed by atoms with Crippen LogP contribution in [-0.4, -0.2) is 37.8 Å². The zero-order valence-corrected chi connectivity index (χ0v) is 12.6. The Balaban J connectivity index is 2.78. The predicted molar refractivity (Wildman–Crippen MR) is 80.5 cm³/mol. The number of nitrogens with one attached hydrogen (secondary N) is 1.